The molecule has 0 amide bonds. The van der Waals surface area contributed by atoms with Crippen LogP contribution in [-0.4, -0.2) is 6.61 Å². The molecule has 0 N–H and O–H groups in total. The average molecular weight is 328 g/mol. The van der Waals surface area contributed by atoms with Crippen molar-refractivity contribution < 1.29 is 13.5 Å². The van der Waals surface area contributed by atoms with Crippen LogP contribution in [-0.2, 0) is 0 Å². The molecule has 0 bridgehead atoms. The minimum Gasteiger partial charge on any atom is -0.490 e. The molecule has 0 spiro atoms. The highest BCUT2D eigenvalue weighted by Crippen LogP contribution is 2.39. The minimum atomic E-state index is -0.780. The van der Waals surface area contributed by atoms with E-state index in [1.807, 2.05) is 6.08 Å². The number of halogens is 2. The van der Waals surface area contributed by atoms with Crippen LogP contribution in [0.2, 0.25) is 0 Å². The van der Waals surface area contributed by atoms with E-state index < -0.39 is 11.6 Å². The monoisotopic (exact) mass is 328 g/mol. The third-order valence-electron chi connectivity index (χ3n) is 4.93. The minimum absolute atomic E-state index is 0.0804. The summed E-state index contributed by atoms with van der Waals surface area (Å²) in [6, 6.07) is 6.91. The van der Waals surface area contributed by atoms with Gasteiger partial charge >= 0.3 is 0 Å². The van der Waals surface area contributed by atoms with Crippen molar-refractivity contribution in [3.8, 4) is 5.75 Å². The maximum absolute atomic E-state index is 14.6. The number of hydrogen-bond donors (Lipinski definition) is 0. The summed E-state index contributed by atoms with van der Waals surface area (Å²) >= 11 is 0. The van der Waals surface area contributed by atoms with Gasteiger partial charge in [0.1, 0.15) is 12.4 Å². The Balaban J connectivity index is 1.94. The van der Waals surface area contributed by atoms with Crippen LogP contribution < -0.4 is 4.74 Å². The van der Waals surface area contributed by atoms with Crippen LogP contribution in [0.25, 0.3) is 10.8 Å². The van der Waals surface area contributed by atoms with E-state index in [1.54, 1.807) is 30.3 Å². The zero-order valence-electron chi connectivity index (χ0n) is 13.7. The fraction of sp³-hybridized carbons (Fsp3) is 0.333. The molecule has 0 radical (unpaired) electrons. The van der Waals surface area contributed by atoms with Crippen LogP contribution >= 0.6 is 0 Å². The smallest absolute Gasteiger partial charge is 0.167 e. The fourth-order valence-electron chi connectivity index (χ4n) is 3.54. The first-order valence-corrected chi connectivity index (χ1v) is 8.42. The molecular weight excluding hydrogens is 306 g/mol. The van der Waals surface area contributed by atoms with Gasteiger partial charge in [0.2, 0.25) is 0 Å². The van der Waals surface area contributed by atoms with Gasteiger partial charge in [0.25, 0.3) is 0 Å². The first kappa shape index (κ1) is 16.7. The predicted molar refractivity (Wildman–Crippen MR) is 94.5 cm³/mol. The number of allylic oxidation sites excluding steroid dienone is 1. The molecule has 1 fully saturated rings. The fourth-order valence-corrected chi connectivity index (χ4v) is 3.54. The highest BCUT2D eigenvalue weighted by Gasteiger charge is 2.25. The van der Waals surface area contributed by atoms with E-state index in [1.165, 1.54) is 0 Å². The maximum Gasteiger partial charge on any atom is 0.167 e. The molecule has 3 heteroatoms. The summed E-state index contributed by atoms with van der Waals surface area (Å²) in [7, 11) is 0. The molecule has 0 heterocycles. The van der Waals surface area contributed by atoms with E-state index in [0.29, 0.717) is 29.2 Å². The van der Waals surface area contributed by atoms with Gasteiger partial charge in [0.05, 0.1) is 0 Å². The highest BCUT2D eigenvalue weighted by atomic mass is 19.2. The van der Waals surface area contributed by atoms with Crippen LogP contribution in [0.4, 0.5) is 8.78 Å². The Morgan fingerprint density at radius 2 is 1.79 bits per heavy atom. The van der Waals surface area contributed by atoms with E-state index in [4.69, 9.17) is 4.74 Å². The Kier molecular flexibility index (Phi) is 4.98. The Labute approximate surface area is 141 Å². The molecule has 126 valence electrons. The SMILES string of the molecule is C=CCOc1ccc2cc(C3CCC(C=C)CC3)c(F)c(F)c2c1. The van der Waals surface area contributed by atoms with Crippen LogP contribution in [0.3, 0.4) is 0 Å². The number of benzene rings is 2. The van der Waals surface area contributed by atoms with E-state index in [-0.39, 0.29) is 11.3 Å². The molecule has 1 aliphatic rings. The van der Waals surface area contributed by atoms with Gasteiger partial charge in [0.15, 0.2) is 11.6 Å². The molecule has 1 saturated carbocycles. The second-order valence-electron chi connectivity index (χ2n) is 6.42. The van der Waals surface area contributed by atoms with Crippen LogP contribution in [0, 0.1) is 17.6 Å². The maximum atomic E-state index is 14.6. The Morgan fingerprint density at radius 1 is 1.04 bits per heavy atom. The van der Waals surface area contributed by atoms with Crippen LogP contribution in [0.15, 0.2) is 49.6 Å². The molecule has 0 aliphatic heterocycles. The van der Waals surface area contributed by atoms with Crippen molar-refractivity contribution in [3.63, 3.8) is 0 Å². The summed E-state index contributed by atoms with van der Waals surface area (Å²) in [6.45, 7) is 7.74. The van der Waals surface area contributed by atoms with E-state index in [0.717, 1.165) is 25.7 Å². The van der Waals surface area contributed by atoms with Gasteiger partial charge in [0, 0.05) is 5.39 Å². The topological polar surface area (TPSA) is 9.23 Å². The lowest BCUT2D eigenvalue weighted by atomic mass is 9.78. The zero-order valence-corrected chi connectivity index (χ0v) is 13.7. The molecule has 2 aromatic carbocycles. The van der Waals surface area contributed by atoms with Gasteiger partial charge in [-0.2, -0.15) is 0 Å². The summed E-state index contributed by atoms with van der Waals surface area (Å²) in [5, 5.41) is 0.971. The Hall–Kier alpha value is -2.16. The van der Waals surface area contributed by atoms with Gasteiger partial charge in [-0.1, -0.05) is 24.8 Å². The van der Waals surface area contributed by atoms with Gasteiger partial charge in [-0.15, -0.1) is 6.58 Å². The van der Waals surface area contributed by atoms with Gasteiger partial charge < -0.3 is 4.74 Å². The Bertz CT molecular complexity index is 758. The predicted octanol–water partition coefficient (Wildman–Crippen LogP) is 6.14. The van der Waals surface area contributed by atoms with E-state index in [9.17, 15) is 8.78 Å². The summed E-state index contributed by atoms with van der Waals surface area (Å²) in [6.07, 6.45) is 7.31. The van der Waals surface area contributed by atoms with Crippen molar-refractivity contribution in [2.45, 2.75) is 31.6 Å². The molecule has 3 rings (SSSR count). The number of ether oxygens (including phenoxy) is 1. The molecule has 0 saturated heterocycles. The van der Waals surface area contributed by atoms with Gasteiger partial charge in [-0.25, -0.2) is 8.78 Å². The molecule has 24 heavy (non-hydrogen) atoms. The van der Waals surface area contributed by atoms with Crippen molar-refractivity contribution in [3.05, 3.63) is 66.8 Å². The van der Waals surface area contributed by atoms with Crippen molar-refractivity contribution in [1.82, 2.24) is 0 Å². The largest absolute Gasteiger partial charge is 0.490 e. The summed E-state index contributed by atoms with van der Waals surface area (Å²) < 4.78 is 34.6. The van der Waals surface area contributed by atoms with E-state index >= 15 is 0 Å². The standard InChI is InChI=1S/C21H22F2O/c1-3-11-24-17-10-9-16-12-18(20(22)21(23)19(16)13-17)15-7-5-14(4-2)6-8-15/h3-4,9-10,12-15H,1-2,5-8,11H2. The van der Waals surface area contributed by atoms with Crippen LogP contribution in [0.5, 0.6) is 5.75 Å². The molecule has 0 atom stereocenters. The van der Waals surface area contributed by atoms with Crippen LogP contribution in [0.1, 0.15) is 37.2 Å². The molecule has 0 aromatic heterocycles. The summed E-state index contributed by atoms with van der Waals surface area (Å²) in [4.78, 5) is 0. The molecule has 1 aliphatic carbocycles. The summed E-state index contributed by atoms with van der Waals surface area (Å²) in [5.74, 6) is -0.404. The zero-order chi connectivity index (χ0) is 17.1. The lowest BCUT2D eigenvalue weighted by molar-refractivity contribution is 0.362. The van der Waals surface area contributed by atoms with E-state index in [2.05, 4.69) is 13.2 Å². The second-order valence-corrected chi connectivity index (χ2v) is 6.42. The van der Waals surface area contributed by atoms with Crippen molar-refractivity contribution in [1.29, 1.82) is 0 Å². The summed E-state index contributed by atoms with van der Waals surface area (Å²) in [5.41, 5.74) is 0.502. The highest BCUT2D eigenvalue weighted by molar-refractivity contribution is 5.85. The van der Waals surface area contributed by atoms with Gasteiger partial charge in [-0.05, 0) is 66.7 Å². The molecular formula is C21H22F2O. The first-order chi connectivity index (χ1) is 11.6. The van der Waals surface area contributed by atoms with Crippen molar-refractivity contribution in [2.75, 3.05) is 6.61 Å². The van der Waals surface area contributed by atoms with Crippen molar-refractivity contribution in [2.24, 2.45) is 5.92 Å². The number of fused-ring (bicyclic) bond motifs is 1. The number of hydrogen-bond acceptors (Lipinski definition) is 1. The van der Waals surface area contributed by atoms with Gasteiger partial charge in [-0.3, -0.25) is 0 Å². The Morgan fingerprint density at radius 3 is 2.46 bits per heavy atom. The molecule has 2 aromatic rings. The second kappa shape index (κ2) is 7.16. The van der Waals surface area contributed by atoms with Crippen molar-refractivity contribution >= 4 is 10.8 Å². The molecule has 0 unspecified atom stereocenters. The lowest BCUT2D eigenvalue weighted by Crippen LogP contribution is -2.13. The third kappa shape index (κ3) is 3.21. The normalized spacial score (nSPS) is 20.8. The third-order valence-corrected chi connectivity index (χ3v) is 4.93. The lowest BCUT2D eigenvalue weighted by Gasteiger charge is -2.27. The average Bonchev–Trinajstić information content (AvgIpc) is 2.63. The first-order valence-electron chi connectivity index (χ1n) is 8.42. The quantitative estimate of drug-likeness (QED) is 0.599. The molecule has 1 nitrogen and oxygen atoms in total. The number of rotatable bonds is 5.